The molecule has 0 atom stereocenters. The molecule has 0 saturated heterocycles. The summed E-state index contributed by atoms with van der Waals surface area (Å²) in [5, 5.41) is 2.22. The fraction of sp³-hybridized carbons (Fsp3) is 0.188. The molecule has 2 aromatic rings. The lowest BCUT2D eigenvalue weighted by atomic mass is 10.1. The molecular weight excluding hydrogens is 433 g/mol. The van der Waals surface area contributed by atoms with Gasteiger partial charge in [-0.3, -0.25) is 9.52 Å². The molecule has 158 valence electrons. The molecule has 1 amide bonds. The lowest BCUT2D eigenvalue weighted by Crippen LogP contribution is -2.18. The molecule has 2 N–H and O–H groups in total. The smallest absolute Gasteiger partial charge is 0.326 e. The molecule has 5 nitrogen and oxygen atoms in total. The van der Waals surface area contributed by atoms with Gasteiger partial charge in [-0.05, 0) is 36.4 Å². The number of alkyl halides is 6. The predicted molar refractivity (Wildman–Crippen MR) is 88.0 cm³/mol. The van der Waals surface area contributed by atoms with Crippen LogP contribution in [-0.4, -0.2) is 14.3 Å². The summed E-state index contributed by atoms with van der Waals surface area (Å²) in [6, 6.07) is 2.38. The van der Waals surface area contributed by atoms with Crippen molar-refractivity contribution in [2.24, 2.45) is 0 Å². The van der Waals surface area contributed by atoms with Gasteiger partial charge in [-0.2, -0.15) is 26.3 Å². The van der Waals surface area contributed by atoms with Crippen molar-refractivity contribution < 1.29 is 43.9 Å². The number of halogens is 7. The topological polar surface area (TPSA) is 75.3 Å². The van der Waals surface area contributed by atoms with Crippen LogP contribution in [0.5, 0.6) is 0 Å². The average molecular weight is 444 g/mol. The number of anilines is 2. The maximum atomic E-state index is 13.9. The summed E-state index contributed by atoms with van der Waals surface area (Å²) in [6.45, 7) is 1.11. The van der Waals surface area contributed by atoms with Crippen molar-refractivity contribution in [1.29, 1.82) is 0 Å². The third-order valence-electron chi connectivity index (χ3n) is 3.40. The van der Waals surface area contributed by atoms with Gasteiger partial charge in [-0.25, -0.2) is 12.8 Å². The van der Waals surface area contributed by atoms with E-state index in [4.69, 9.17) is 0 Å². The van der Waals surface area contributed by atoms with Gasteiger partial charge in [0.2, 0.25) is 5.91 Å². The van der Waals surface area contributed by atoms with Crippen molar-refractivity contribution in [3.8, 4) is 0 Å². The summed E-state index contributed by atoms with van der Waals surface area (Å²) in [4.78, 5) is 9.65. The van der Waals surface area contributed by atoms with Crippen LogP contribution in [0.25, 0.3) is 0 Å². The molecule has 0 radical (unpaired) electrons. The van der Waals surface area contributed by atoms with E-state index in [1.807, 2.05) is 0 Å². The van der Waals surface area contributed by atoms with Crippen LogP contribution in [0.2, 0.25) is 0 Å². The Hall–Kier alpha value is -2.83. The van der Waals surface area contributed by atoms with Crippen molar-refractivity contribution in [2.45, 2.75) is 24.2 Å². The summed E-state index contributed by atoms with van der Waals surface area (Å²) >= 11 is 0. The van der Waals surface area contributed by atoms with Crippen LogP contribution in [0.3, 0.4) is 0 Å². The first-order chi connectivity index (χ1) is 13.1. The monoisotopic (exact) mass is 444 g/mol. The number of amides is 1. The van der Waals surface area contributed by atoms with E-state index >= 15 is 0 Å². The normalized spacial score (nSPS) is 12.6. The van der Waals surface area contributed by atoms with E-state index in [2.05, 4.69) is 5.32 Å². The van der Waals surface area contributed by atoms with Crippen molar-refractivity contribution in [2.75, 3.05) is 10.0 Å². The second-order valence-corrected chi connectivity index (χ2v) is 7.41. The molecule has 0 unspecified atom stereocenters. The molecule has 29 heavy (non-hydrogen) atoms. The Morgan fingerprint density at radius 1 is 0.897 bits per heavy atom. The molecule has 0 heterocycles. The van der Waals surface area contributed by atoms with Crippen LogP contribution < -0.4 is 10.0 Å². The van der Waals surface area contributed by atoms with Crippen molar-refractivity contribution >= 4 is 27.3 Å². The number of hydrogen-bond donors (Lipinski definition) is 2. The Morgan fingerprint density at radius 2 is 1.41 bits per heavy atom. The van der Waals surface area contributed by atoms with E-state index in [0.29, 0.717) is 0 Å². The molecule has 0 saturated carbocycles. The van der Waals surface area contributed by atoms with Gasteiger partial charge in [-0.1, -0.05) is 0 Å². The molecule has 0 aliphatic carbocycles. The first-order valence-electron chi connectivity index (χ1n) is 7.49. The SMILES string of the molecule is CC(=O)Nc1ccc(F)c(NS(=O)(=O)c2cc(C(F)(F)F)cc(C(F)(F)F)c2)c1. The highest BCUT2D eigenvalue weighted by molar-refractivity contribution is 7.92. The van der Waals surface area contributed by atoms with E-state index in [1.54, 1.807) is 4.72 Å². The van der Waals surface area contributed by atoms with Crippen molar-refractivity contribution in [3.63, 3.8) is 0 Å². The molecule has 0 aliphatic heterocycles. The number of carbonyl (C=O) groups is 1. The molecule has 0 bridgehead atoms. The lowest BCUT2D eigenvalue weighted by Gasteiger charge is -2.15. The van der Waals surface area contributed by atoms with E-state index < -0.39 is 55.8 Å². The summed E-state index contributed by atoms with van der Waals surface area (Å²) in [7, 11) is -5.05. The number of carbonyl (C=O) groups excluding carboxylic acids is 1. The summed E-state index contributed by atoms with van der Waals surface area (Å²) in [6.07, 6.45) is -10.5. The van der Waals surface area contributed by atoms with Crippen LogP contribution >= 0.6 is 0 Å². The van der Waals surface area contributed by atoms with Crippen molar-refractivity contribution in [3.05, 3.63) is 53.3 Å². The highest BCUT2D eigenvalue weighted by Crippen LogP contribution is 2.37. The first kappa shape index (κ1) is 22.5. The van der Waals surface area contributed by atoms with E-state index in [0.717, 1.165) is 25.1 Å². The Kier molecular flexibility index (Phi) is 5.84. The highest BCUT2D eigenvalue weighted by atomic mass is 32.2. The van der Waals surface area contributed by atoms with Crippen LogP contribution in [0.4, 0.5) is 42.1 Å². The lowest BCUT2D eigenvalue weighted by molar-refractivity contribution is -0.143. The van der Waals surface area contributed by atoms with Gasteiger partial charge in [0, 0.05) is 12.6 Å². The Labute approximate surface area is 159 Å². The minimum absolute atomic E-state index is 0.00680. The van der Waals surface area contributed by atoms with E-state index in [1.165, 1.54) is 0 Å². The third-order valence-corrected chi connectivity index (χ3v) is 4.75. The minimum Gasteiger partial charge on any atom is -0.326 e. The standard InChI is InChI=1S/C16H11F7N2O3S/c1-8(26)24-11-2-3-13(17)14(7-11)25-29(27,28)12-5-9(15(18,19)20)4-10(6-12)16(21,22)23/h2-7,25H,1H3,(H,24,26). The Balaban J connectivity index is 2.55. The number of sulfonamides is 1. The largest absolute Gasteiger partial charge is 0.416 e. The zero-order valence-electron chi connectivity index (χ0n) is 14.2. The predicted octanol–water partition coefficient (Wildman–Crippen LogP) is 4.62. The molecule has 0 aromatic heterocycles. The maximum Gasteiger partial charge on any atom is 0.416 e. The van der Waals surface area contributed by atoms with Crippen molar-refractivity contribution in [1.82, 2.24) is 0 Å². The third kappa shape index (κ3) is 5.59. The molecule has 0 aliphatic rings. The average Bonchev–Trinajstić information content (AvgIpc) is 2.55. The van der Waals surface area contributed by atoms with Gasteiger partial charge in [0.15, 0.2) is 0 Å². The number of nitrogens with one attached hydrogen (secondary N) is 2. The first-order valence-corrected chi connectivity index (χ1v) is 8.97. The number of hydrogen-bond acceptors (Lipinski definition) is 3. The molecule has 13 heteroatoms. The van der Waals surface area contributed by atoms with Gasteiger partial charge < -0.3 is 5.32 Å². The van der Waals surface area contributed by atoms with Crippen LogP contribution in [0.1, 0.15) is 18.1 Å². The molecule has 0 fully saturated rings. The van der Waals surface area contributed by atoms with Crippen LogP contribution in [0, 0.1) is 5.82 Å². The van der Waals surface area contributed by atoms with Crippen LogP contribution in [-0.2, 0) is 27.2 Å². The zero-order chi connectivity index (χ0) is 22.2. The molecular formula is C16H11F7N2O3S. The van der Waals surface area contributed by atoms with Gasteiger partial charge >= 0.3 is 12.4 Å². The second-order valence-electron chi connectivity index (χ2n) is 5.72. The molecule has 0 spiro atoms. The summed E-state index contributed by atoms with van der Waals surface area (Å²) in [5.74, 6) is -1.76. The van der Waals surface area contributed by atoms with Crippen LogP contribution in [0.15, 0.2) is 41.3 Å². The highest BCUT2D eigenvalue weighted by Gasteiger charge is 2.38. The second kappa shape index (κ2) is 7.54. The quantitative estimate of drug-likeness (QED) is 0.676. The van der Waals surface area contributed by atoms with Gasteiger partial charge in [0.1, 0.15) is 5.82 Å². The fourth-order valence-electron chi connectivity index (χ4n) is 2.17. The van der Waals surface area contributed by atoms with Gasteiger partial charge in [0.05, 0.1) is 21.7 Å². The zero-order valence-corrected chi connectivity index (χ0v) is 15.1. The van der Waals surface area contributed by atoms with E-state index in [-0.39, 0.29) is 23.9 Å². The minimum atomic E-state index is -5.26. The van der Waals surface area contributed by atoms with E-state index in [9.17, 15) is 43.9 Å². The fourth-order valence-corrected chi connectivity index (χ4v) is 3.30. The summed E-state index contributed by atoms with van der Waals surface area (Å²) in [5.41, 5.74) is -4.54. The molecule has 2 rings (SSSR count). The van der Waals surface area contributed by atoms with Gasteiger partial charge in [0.25, 0.3) is 10.0 Å². The molecule has 2 aromatic carbocycles. The summed E-state index contributed by atoms with van der Waals surface area (Å²) < 4.78 is 118. The van der Waals surface area contributed by atoms with Gasteiger partial charge in [-0.15, -0.1) is 0 Å². The Morgan fingerprint density at radius 3 is 1.86 bits per heavy atom. The maximum absolute atomic E-state index is 13.9. The number of benzene rings is 2. The number of rotatable bonds is 4. The Bertz CT molecular complexity index is 1020.